The number of fused-ring (bicyclic) bond motifs is 1. The molecule has 32 heavy (non-hydrogen) atoms. The topological polar surface area (TPSA) is 117 Å². The number of benzene rings is 1. The number of amides is 1. The predicted octanol–water partition coefficient (Wildman–Crippen LogP) is 3.44. The number of nitrogens with zero attached hydrogens (tertiary/aromatic N) is 2. The number of esters is 1. The van der Waals surface area contributed by atoms with Crippen LogP contribution in [0.15, 0.2) is 23.1 Å². The van der Waals surface area contributed by atoms with Crippen molar-refractivity contribution in [2.45, 2.75) is 31.1 Å². The third kappa shape index (κ3) is 4.96. The second kappa shape index (κ2) is 9.58. The highest BCUT2D eigenvalue weighted by Crippen LogP contribution is 2.39. The molecular formula is C21H22ClN3O5S2. The van der Waals surface area contributed by atoms with E-state index in [0.717, 1.165) is 40.1 Å². The minimum Gasteiger partial charge on any atom is -0.452 e. The minimum absolute atomic E-state index is 0.0000622. The van der Waals surface area contributed by atoms with E-state index in [4.69, 9.17) is 16.3 Å². The molecule has 0 saturated carbocycles. The number of carbonyl (C=O) groups excluding carboxylic acids is 2. The van der Waals surface area contributed by atoms with Crippen LogP contribution in [0.3, 0.4) is 0 Å². The number of halogens is 1. The number of nitriles is 1. The zero-order chi connectivity index (χ0) is 23.6. The van der Waals surface area contributed by atoms with Crippen molar-refractivity contribution in [3.63, 3.8) is 0 Å². The molecule has 1 aliphatic carbocycles. The van der Waals surface area contributed by atoms with Crippen LogP contribution in [0.4, 0.5) is 5.00 Å². The Morgan fingerprint density at radius 1 is 1.38 bits per heavy atom. The number of anilines is 1. The third-order valence-electron chi connectivity index (χ3n) is 5.15. The van der Waals surface area contributed by atoms with Crippen molar-refractivity contribution in [3.05, 3.63) is 44.8 Å². The minimum atomic E-state index is -3.78. The molecule has 170 valence electrons. The summed E-state index contributed by atoms with van der Waals surface area (Å²) in [5.41, 5.74) is 1.27. The molecule has 1 aromatic heterocycles. The van der Waals surface area contributed by atoms with Gasteiger partial charge in [-0.3, -0.25) is 4.79 Å². The Hall–Kier alpha value is -2.45. The van der Waals surface area contributed by atoms with Crippen LogP contribution in [0.2, 0.25) is 5.02 Å². The first-order valence-electron chi connectivity index (χ1n) is 9.78. The van der Waals surface area contributed by atoms with Gasteiger partial charge < -0.3 is 10.1 Å². The number of rotatable bonds is 6. The van der Waals surface area contributed by atoms with Crippen LogP contribution in [-0.4, -0.2) is 45.3 Å². The monoisotopic (exact) mass is 495 g/mol. The third-order valence-corrected chi connectivity index (χ3v) is 8.46. The van der Waals surface area contributed by atoms with Crippen molar-refractivity contribution in [2.75, 3.05) is 26.0 Å². The van der Waals surface area contributed by atoms with Crippen LogP contribution in [0.1, 0.15) is 39.7 Å². The maximum Gasteiger partial charge on any atom is 0.340 e. The molecule has 0 saturated heterocycles. The summed E-state index contributed by atoms with van der Waals surface area (Å²) in [6.45, 7) is 1.54. The molecule has 0 aliphatic heterocycles. The van der Waals surface area contributed by atoms with Crippen molar-refractivity contribution < 1.29 is 22.7 Å². The Labute approximate surface area is 195 Å². The van der Waals surface area contributed by atoms with Crippen molar-refractivity contribution in [2.24, 2.45) is 5.92 Å². The second-order valence-electron chi connectivity index (χ2n) is 7.72. The summed E-state index contributed by atoms with van der Waals surface area (Å²) in [4.78, 5) is 25.8. The number of ether oxygens (including phenoxy) is 1. The number of hydrogen-bond donors (Lipinski definition) is 1. The smallest absolute Gasteiger partial charge is 0.340 e. The molecule has 1 amide bonds. The SMILES string of the molecule is C[C@@H]1CCc2c(sc(NC(=O)COC(=O)c3cc(S(=O)(=O)N(C)C)ccc3Cl)c2C#N)C1. The highest BCUT2D eigenvalue weighted by molar-refractivity contribution is 7.89. The number of carbonyl (C=O) groups is 2. The van der Waals surface area contributed by atoms with E-state index in [1.165, 1.54) is 37.6 Å². The molecule has 8 nitrogen and oxygen atoms in total. The first-order valence-corrected chi connectivity index (χ1v) is 12.4. The van der Waals surface area contributed by atoms with Gasteiger partial charge in [0.05, 0.1) is 21.0 Å². The first kappa shape index (κ1) is 24.2. The van der Waals surface area contributed by atoms with E-state index < -0.39 is 28.5 Å². The van der Waals surface area contributed by atoms with Gasteiger partial charge in [0, 0.05) is 19.0 Å². The Bertz CT molecular complexity index is 1210. The van der Waals surface area contributed by atoms with Gasteiger partial charge in [0.25, 0.3) is 5.91 Å². The maximum absolute atomic E-state index is 12.4. The van der Waals surface area contributed by atoms with Crippen molar-refractivity contribution >= 4 is 49.8 Å². The summed E-state index contributed by atoms with van der Waals surface area (Å²) in [5.74, 6) is -1.01. The van der Waals surface area contributed by atoms with E-state index in [1.54, 1.807) is 0 Å². The Morgan fingerprint density at radius 3 is 2.75 bits per heavy atom. The molecule has 0 fully saturated rings. The highest BCUT2D eigenvalue weighted by Gasteiger charge is 2.25. The van der Waals surface area contributed by atoms with Gasteiger partial charge >= 0.3 is 5.97 Å². The Morgan fingerprint density at radius 2 is 2.09 bits per heavy atom. The molecule has 3 rings (SSSR count). The van der Waals surface area contributed by atoms with E-state index in [0.29, 0.717) is 16.5 Å². The summed E-state index contributed by atoms with van der Waals surface area (Å²) >= 11 is 7.40. The van der Waals surface area contributed by atoms with Crippen molar-refractivity contribution in [3.8, 4) is 6.07 Å². The number of sulfonamides is 1. The van der Waals surface area contributed by atoms with Crippen LogP contribution in [0.25, 0.3) is 0 Å². The van der Waals surface area contributed by atoms with Crippen LogP contribution >= 0.6 is 22.9 Å². The highest BCUT2D eigenvalue weighted by atomic mass is 35.5. The number of hydrogen-bond acceptors (Lipinski definition) is 7. The summed E-state index contributed by atoms with van der Waals surface area (Å²) < 4.78 is 30.6. The molecule has 11 heteroatoms. The molecule has 0 spiro atoms. The van der Waals surface area contributed by atoms with Crippen LogP contribution in [0, 0.1) is 17.2 Å². The average Bonchev–Trinajstić information content (AvgIpc) is 3.07. The zero-order valence-electron chi connectivity index (χ0n) is 17.8. The van der Waals surface area contributed by atoms with Gasteiger partial charge in [-0.15, -0.1) is 11.3 Å². The molecule has 1 N–H and O–H groups in total. The fourth-order valence-corrected chi connectivity index (χ4v) is 5.86. The standard InChI is InChI=1S/C21H22ClN3O5S2/c1-12-4-6-14-16(10-23)20(31-18(14)8-12)24-19(26)11-30-21(27)15-9-13(5-7-17(15)22)32(28,29)25(2)3/h5,7,9,12H,4,6,8,11H2,1-3H3,(H,24,26)/t12-/m1/s1. The van der Waals surface area contributed by atoms with E-state index >= 15 is 0 Å². The van der Waals surface area contributed by atoms with Crippen molar-refractivity contribution in [1.82, 2.24) is 4.31 Å². The summed E-state index contributed by atoms with van der Waals surface area (Å²) in [6.07, 6.45) is 2.66. The lowest BCUT2D eigenvalue weighted by Crippen LogP contribution is -2.23. The molecule has 1 heterocycles. The van der Waals surface area contributed by atoms with Gasteiger partial charge in [0.2, 0.25) is 10.0 Å². The Balaban J connectivity index is 1.70. The van der Waals surface area contributed by atoms with E-state index in [9.17, 15) is 23.3 Å². The van der Waals surface area contributed by atoms with Gasteiger partial charge in [-0.25, -0.2) is 17.5 Å². The zero-order valence-corrected chi connectivity index (χ0v) is 20.2. The predicted molar refractivity (Wildman–Crippen MR) is 121 cm³/mol. The molecule has 0 bridgehead atoms. The normalized spacial score (nSPS) is 15.7. The van der Waals surface area contributed by atoms with Gasteiger partial charge in [0.15, 0.2) is 6.61 Å². The van der Waals surface area contributed by atoms with E-state index in [-0.39, 0.29) is 15.5 Å². The quantitative estimate of drug-likeness (QED) is 0.613. The summed E-state index contributed by atoms with van der Waals surface area (Å²) in [7, 11) is -1.04. The van der Waals surface area contributed by atoms with Crippen LogP contribution in [-0.2, 0) is 32.4 Å². The molecule has 0 radical (unpaired) electrons. The Kier molecular flexibility index (Phi) is 7.25. The lowest BCUT2D eigenvalue weighted by Gasteiger charge is -2.17. The molecular weight excluding hydrogens is 474 g/mol. The maximum atomic E-state index is 12.4. The van der Waals surface area contributed by atoms with Crippen LogP contribution < -0.4 is 5.32 Å². The molecule has 1 aliphatic rings. The molecule has 1 atom stereocenters. The number of thiophene rings is 1. The fraction of sp³-hybridized carbons (Fsp3) is 0.381. The van der Waals surface area contributed by atoms with Gasteiger partial charge in [-0.1, -0.05) is 18.5 Å². The lowest BCUT2D eigenvalue weighted by atomic mass is 9.89. The summed E-state index contributed by atoms with van der Waals surface area (Å²) in [6, 6.07) is 5.84. The first-order chi connectivity index (χ1) is 15.0. The van der Waals surface area contributed by atoms with Gasteiger partial charge in [0.1, 0.15) is 11.1 Å². The number of nitrogens with one attached hydrogen (secondary N) is 1. The average molecular weight is 496 g/mol. The molecule has 2 aromatic rings. The van der Waals surface area contributed by atoms with Gasteiger partial charge in [-0.05, 0) is 48.9 Å². The van der Waals surface area contributed by atoms with E-state index in [1.807, 2.05) is 0 Å². The van der Waals surface area contributed by atoms with Crippen LogP contribution in [0.5, 0.6) is 0 Å². The second-order valence-corrected chi connectivity index (χ2v) is 11.4. The fourth-order valence-electron chi connectivity index (χ4n) is 3.36. The summed E-state index contributed by atoms with van der Waals surface area (Å²) in [5, 5.41) is 12.6. The van der Waals surface area contributed by atoms with E-state index in [2.05, 4.69) is 18.3 Å². The largest absolute Gasteiger partial charge is 0.452 e. The lowest BCUT2D eigenvalue weighted by molar-refractivity contribution is -0.119. The molecule has 1 aromatic carbocycles. The van der Waals surface area contributed by atoms with Crippen molar-refractivity contribution in [1.29, 1.82) is 5.26 Å². The van der Waals surface area contributed by atoms with Gasteiger partial charge in [-0.2, -0.15) is 5.26 Å². The molecule has 0 unspecified atom stereocenters.